The fourth-order valence-electron chi connectivity index (χ4n) is 1.47. The molecule has 0 aliphatic carbocycles. The summed E-state index contributed by atoms with van der Waals surface area (Å²) in [5.41, 5.74) is -0.332. The summed E-state index contributed by atoms with van der Waals surface area (Å²) in [4.78, 5) is 30.4. The molecule has 2 rings (SSSR count). The summed E-state index contributed by atoms with van der Waals surface area (Å²) in [6.45, 7) is 0. The Morgan fingerprint density at radius 2 is 1.70 bits per heavy atom. The summed E-state index contributed by atoms with van der Waals surface area (Å²) in [7, 11) is 0. The molecule has 1 aromatic carbocycles. The number of nitrogens with one attached hydrogen (secondary N) is 1. The van der Waals surface area contributed by atoms with Gasteiger partial charge in [0.1, 0.15) is 0 Å². The van der Waals surface area contributed by atoms with Crippen molar-refractivity contribution in [2.75, 3.05) is 5.32 Å². The van der Waals surface area contributed by atoms with Gasteiger partial charge in [-0.3, -0.25) is 4.79 Å². The van der Waals surface area contributed by atoms with Crippen molar-refractivity contribution in [3.8, 4) is 0 Å². The van der Waals surface area contributed by atoms with Crippen molar-refractivity contribution >= 4 is 40.9 Å². The molecule has 8 heteroatoms. The van der Waals surface area contributed by atoms with Crippen molar-refractivity contribution in [1.82, 2.24) is 9.97 Å². The van der Waals surface area contributed by atoms with Gasteiger partial charge in [-0.15, -0.1) is 0 Å². The van der Waals surface area contributed by atoms with Gasteiger partial charge in [0.2, 0.25) is 0 Å². The van der Waals surface area contributed by atoms with E-state index in [1.807, 2.05) is 0 Å². The minimum Gasteiger partial charge on any atom is -0.476 e. The number of carboxylic acid groups (broad SMARTS) is 1. The quantitative estimate of drug-likeness (QED) is 0.909. The van der Waals surface area contributed by atoms with E-state index in [2.05, 4.69) is 15.3 Å². The standard InChI is InChI=1S/C12H7Cl2N3O3/c13-6-2-1-3-7(14)8(6)11(18)17-10-9(12(19)20)15-4-5-16-10/h1-5H,(H,19,20)(H,16,17,18). The average molecular weight is 312 g/mol. The highest BCUT2D eigenvalue weighted by Crippen LogP contribution is 2.25. The van der Waals surface area contributed by atoms with Crippen LogP contribution in [0.1, 0.15) is 20.8 Å². The molecule has 0 fully saturated rings. The molecule has 0 spiro atoms. The lowest BCUT2D eigenvalue weighted by molar-refractivity contribution is 0.0691. The Labute approximate surface area is 123 Å². The van der Waals surface area contributed by atoms with Crippen LogP contribution in [0, 0.1) is 0 Å². The lowest BCUT2D eigenvalue weighted by Crippen LogP contribution is -2.17. The van der Waals surface area contributed by atoms with E-state index < -0.39 is 11.9 Å². The number of carboxylic acids is 1. The Balaban J connectivity index is 2.36. The van der Waals surface area contributed by atoms with Gasteiger partial charge in [0.25, 0.3) is 5.91 Å². The number of halogens is 2. The van der Waals surface area contributed by atoms with Crippen molar-refractivity contribution in [2.24, 2.45) is 0 Å². The van der Waals surface area contributed by atoms with Gasteiger partial charge in [-0.05, 0) is 12.1 Å². The van der Waals surface area contributed by atoms with Gasteiger partial charge in [-0.2, -0.15) is 0 Å². The Bertz CT molecular complexity index is 671. The summed E-state index contributed by atoms with van der Waals surface area (Å²) in [5.74, 6) is -2.15. The number of carbonyl (C=O) groups excluding carboxylic acids is 1. The van der Waals surface area contributed by atoms with E-state index in [1.165, 1.54) is 24.5 Å². The molecule has 2 N–H and O–H groups in total. The number of benzene rings is 1. The number of hydrogen-bond donors (Lipinski definition) is 2. The first kappa shape index (κ1) is 14.2. The molecule has 0 saturated heterocycles. The normalized spacial score (nSPS) is 10.1. The monoisotopic (exact) mass is 311 g/mol. The van der Waals surface area contributed by atoms with Crippen LogP contribution >= 0.6 is 23.2 Å². The third-order valence-electron chi connectivity index (χ3n) is 2.32. The van der Waals surface area contributed by atoms with Gasteiger partial charge in [0.05, 0.1) is 15.6 Å². The molecule has 1 aromatic heterocycles. The Kier molecular flexibility index (Phi) is 4.16. The van der Waals surface area contributed by atoms with E-state index in [0.717, 1.165) is 0 Å². The number of hydrogen-bond acceptors (Lipinski definition) is 4. The van der Waals surface area contributed by atoms with Crippen molar-refractivity contribution in [2.45, 2.75) is 0 Å². The predicted molar refractivity (Wildman–Crippen MR) is 73.4 cm³/mol. The van der Waals surface area contributed by atoms with Crippen LogP contribution < -0.4 is 5.32 Å². The number of rotatable bonds is 3. The zero-order valence-corrected chi connectivity index (χ0v) is 11.3. The molecule has 0 aliphatic rings. The third-order valence-corrected chi connectivity index (χ3v) is 2.95. The molecule has 1 amide bonds. The number of nitrogens with zero attached hydrogens (tertiary/aromatic N) is 2. The predicted octanol–water partition coefficient (Wildman–Crippen LogP) is 2.73. The maximum atomic E-state index is 12.1. The highest BCUT2D eigenvalue weighted by Gasteiger charge is 2.19. The Morgan fingerprint density at radius 3 is 2.30 bits per heavy atom. The maximum absolute atomic E-state index is 12.1. The molecule has 0 unspecified atom stereocenters. The van der Waals surface area contributed by atoms with E-state index in [4.69, 9.17) is 28.3 Å². The van der Waals surface area contributed by atoms with Gasteiger partial charge < -0.3 is 10.4 Å². The van der Waals surface area contributed by atoms with E-state index in [9.17, 15) is 9.59 Å². The van der Waals surface area contributed by atoms with Crippen LogP contribution in [0.15, 0.2) is 30.6 Å². The fourth-order valence-corrected chi connectivity index (χ4v) is 2.04. The average Bonchev–Trinajstić information content (AvgIpc) is 2.38. The van der Waals surface area contributed by atoms with Crippen molar-refractivity contribution in [3.63, 3.8) is 0 Å². The first-order chi connectivity index (χ1) is 9.50. The minimum atomic E-state index is -1.31. The van der Waals surface area contributed by atoms with Gasteiger partial charge in [0, 0.05) is 12.4 Å². The molecular formula is C12H7Cl2N3O3. The largest absolute Gasteiger partial charge is 0.476 e. The molecule has 0 atom stereocenters. The summed E-state index contributed by atoms with van der Waals surface area (Å²) >= 11 is 11.8. The van der Waals surface area contributed by atoms with Crippen LogP contribution in [0.4, 0.5) is 5.82 Å². The van der Waals surface area contributed by atoms with Crippen molar-refractivity contribution in [3.05, 3.63) is 51.9 Å². The van der Waals surface area contributed by atoms with Gasteiger partial charge in [0.15, 0.2) is 11.5 Å². The van der Waals surface area contributed by atoms with Crippen LogP contribution in [0.2, 0.25) is 10.0 Å². The van der Waals surface area contributed by atoms with Crippen LogP contribution in [-0.4, -0.2) is 27.0 Å². The zero-order chi connectivity index (χ0) is 14.7. The molecule has 0 saturated carbocycles. The molecular weight excluding hydrogens is 305 g/mol. The second-order valence-corrected chi connectivity index (χ2v) is 4.42. The lowest BCUT2D eigenvalue weighted by Gasteiger charge is -2.08. The molecule has 0 bridgehead atoms. The number of aromatic nitrogens is 2. The number of anilines is 1. The Hall–Kier alpha value is -2.18. The Morgan fingerprint density at radius 1 is 1.10 bits per heavy atom. The summed E-state index contributed by atoms with van der Waals surface area (Å²) in [6, 6.07) is 4.58. The molecule has 0 aliphatic heterocycles. The molecule has 20 heavy (non-hydrogen) atoms. The molecule has 2 aromatic rings. The second-order valence-electron chi connectivity index (χ2n) is 3.61. The number of aromatic carboxylic acids is 1. The number of carbonyl (C=O) groups is 2. The van der Waals surface area contributed by atoms with Crippen LogP contribution in [0.3, 0.4) is 0 Å². The first-order valence-electron chi connectivity index (χ1n) is 5.30. The summed E-state index contributed by atoms with van der Waals surface area (Å²) in [5, 5.41) is 11.6. The molecule has 6 nitrogen and oxygen atoms in total. The second kappa shape index (κ2) is 5.85. The third kappa shape index (κ3) is 2.87. The maximum Gasteiger partial charge on any atom is 0.358 e. The molecule has 1 heterocycles. The van der Waals surface area contributed by atoms with Gasteiger partial charge >= 0.3 is 5.97 Å². The SMILES string of the molecule is O=C(O)c1nccnc1NC(=O)c1c(Cl)cccc1Cl. The van der Waals surface area contributed by atoms with E-state index in [-0.39, 0.29) is 27.1 Å². The van der Waals surface area contributed by atoms with E-state index >= 15 is 0 Å². The van der Waals surface area contributed by atoms with Crippen LogP contribution in [0.5, 0.6) is 0 Å². The first-order valence-corrected chi connectivity index (χ1v) is 6.06. The van der Waals surface area contributed by atoms with E-state index in [1.54, 1.807) is 6.07 Å². The summed E-state index contributed by atoms with van der Waals surface area (Å²) < 4.78 is 0. The van der Waals surface area contributed by atoms with Gasteiger partial charge in [-0.25, -0.2) is 14.8 Å². The molecule has 0 radical (unpaired) electrons. The zero-order valence-electron chi connectivity index (χ0n) is 9.80. The van der Waals surface area contributed by atoms with Gasteiger partial charge in [-0.1, -0.05) is 29.3 Å². The van der Waals surface area contributed by atoms with Crippen LogP contribution in [0.25, 0.3) is 0 Å². The number of amides is 1. The smallest absolute Gasteiger partial charge is 0.358 e. The summed E-state index contributed by atoms with van der Waals surface area (Å²) in [6.07, 6.45) is 2.47. The van der Waals surface area contributed by atoms with E-state index in [0.29, 0.717) is 0 Å². The minimum absolute atomic E-state index is 0.0397. The van der Waals surface area contributed by atoms with Crippen LogP contribution in [-0.2, 0) is 0 Å². The van der Waals surface area contributed by atoms with Crippen molar-refractivity contribution in [1.29, 1.82) is 0 Å². The fraction of sp³-hybridized carbons (Fsp3) is 0. The topological polar surface area (TPSA) is 92.2 Å². The highest BCUT2D eigenvalue weighted by atomic mass is 35.5. The lowest BCUT2D eigenvalue weighted by atomic mass is 10.2. The highest BCUT2D eigenvalue weighted by molar-refractivity contribution is 6.40. The molecule has 102 valence electrons. The van der Waals surface area contributed by atoms with Crippen molar-refractivity contribution < 1.29 is 14.7 Å².